The van der Waals surface area contributed by atoms with E-state index in [0.717, 1.165) is 138 Å². The zero-order valence-electron chi connectivity index (χ0n) is 45.7. The molecule has 0 heterocycles. The molecular weight excluding hydrogens is 1110 g/mol. The van der Waals surface area contributed by atoms with Crippen LogP contribution in [-0.2, 0) is 37.7 Å². The summed E-state index contributed by atoms with van der Waals surface area (Å²) in [5, 5.41) is 8.15. The first-order valence-corrected chi connectivity index (χ1v) is 32.2. The highest BCUT2D eigenvalue weighted by atomic mass is 35.5. The number of ketones is 1. The first kappa shape index (κ1) is 63.5. The van der Waals surface area contributed by atoms with Gasteiger partial charge in [0.15, 0.2) is 0 Å². The van der Waals surface area contributed by atoms with Crippen LogP contribution in [0, 0.1) is 0 Å². The van der Waals surface area contributed by atoms with Crippen molar-refractivity contribution in [2.75, 3.05) is 54.4 Å². The second kappa shape index (κ2) is 31.5. The Kier molecular flexibility index (Phi) is 25.7. The van der Waals surface area contributed by atoms with Crippen LogP contribution in [0.5, 0.6) is 11.5 Å². The van der Waals surface area contributed by atoms with Gasteiger partial charge in [-0.05, 0) is 163 Å². The molecule has 0 saturated carbocycles. The molecule has 6 rings (SSSR count). The number of ether oxygens (including phenoxy) is 2. The summed E-state index contributed by atoms with van der Waals surface area (Å²) in [5.74, 6) is 1.42. The number of benzene rings is 4. The molecule has 2 aliphatic rings. The fraction of sp³-hybridized carbons (Fsp3) is 0.552. The van der Waals surface area contributed by atoms with E-state index < -0.39 is 20.0 Å². The zero-order valence-corrected chi connectivity index (χ0v) is 50.4. The fourth-order valence-corrected chi connectivity index (χ4v) is 13.5. The number of rotatable bonds is 35. The quantitative estimate of drug-likeness (QED) is 0.0325. The molecule has 0 radical (unpaired) electrons. The molecule has 20 heteroatoms. The number of fused-ring (bicyclic) bond motifs is 2. The molecule has 78 heavy (non-hydrogen) atoms. The summed E-state index contributed by atoms with van der Waals surface area (Å²) in [7, 11) is 0.657. The monoisotopic (exact) mass is 1190 g/mol. The maximum atomic E-state index is 13.0. The summed E-state index contributed by atoms with van der Waals surface area (Å²) < 4.78 is 70.2. The predicted molar refractivity (Wildman–Crippen MR) is 315 cm³/mol. The molecule has 4 N–H and O–H groups in total. The molecule has 0 aromatic heterocycles. The average molecular weight is 1200 g/mol. The lowest BCUT2D eigenvalue weighted by Crippen LogP contribution is -2.36. The largest absolute Gasteiger partial charge is 0.484 e. The molecule has 0 saturated heterocycles. The van der Waals surface area contributed by atoms with Crippen molar-refractivity contribution in [2.24, 2.45) is 0 Å². The highest BCUT2D eigenvalue weighted by Gasteiger charge is 2.39. The number of unbranched alkanes of at least 4 members (excludes halogenated alkanes) is 13. The third kappa shape index (κ3) is 19.5. The van der Waals surface area contributed by atoms with Gasteiger partial charge in [-0.15, -0.1) is 0 Å². The Hall–Kier alpha value is -3.68. The SMILES string of the molecule is CN(C)[C@H]1Cc2c(Cl)cc(Cl)cc2[C@@H]1Oc1ccc(S(=O)(=O)NCCCCCCCCCC(=O)CCCCCNC(=O)NCCCCCCCCNS(=O)(=O)c2ccc(O[C@H]3c4cc(Cl)cc(Cl)c4C[C@@H]3N(C)C)cc2)cc1. The zero-order chi connectivity index (χ0) is 56.2. The maximum absolute atomic E-state index is 13.0. The molecule has 0 fully saturated rings. The number of hydrogen-bond acceptors (Lipinski definition) is 10. The Morgan fingerprint density at radius 3 is 1.19 bits per heavy atom. The standard InChI is InChI=1S/C58H80Cl4N6O8S2/c1-67(2)54-39-48-50(35-41(59)37-52(48)61)56(54)75-44-23-27-46(28-24-44)77(71,72)65-33-19-12-7-5-6-10-15-21-43(69)22-16-14-18-32-64-58(70)63-31-17-11-8-9-13-20-34-66-78(73,74)47-29-25-45(26-30-47)76-57-51-36-42(60)38-53(62)49(51)40-55(57)68(3)4/h23-30,35-38,54-57,65-66H,5-22,31-34,39-40H2,1-4H3,(H2,63,64,70)/t54-,55-,56-,57-/m0/s1. The molecule has 430 valence electrons. The lowest BCUT2D eigenvalue weighted by atomic mass is 10.0. The van der Waals surface area contributed by atoms with Crippen molar-refractivity contribution in [1.29, 1.82) is 0 Å². The highest BCUT2D eigenvalue weighted by Crippen LogP contribution is 2.44. The molecule has 14 nitrogen and oxygen atoms in total. The van der Waals surface area contributed by atoms with E-state index in [9.17, 15) is 26.4 Å². The van der Waals surface area contributed by atoms with Crippen LogP contribution in [0.4, 0.5) is 4.79 Å². The van der Waals surface area contributed by atoms with E-state index in [0.29, 0.717) is 76.4 Å². The van der Waals surface area contributed by atoms with Gasteiger partial charge in [-0.2, -0.15) is 0 Å². The number of sulfonamides is 2. The number of nitrogens with one attached hydrogen (secondary N) is 4. The number of carbonyl (C=O) groups is 2. The Morgan fingerprint density at radius 2 is 0.821 bits per heavy atom. The van der Waals surface area contributed by atoms with E-state index in [2.05, 4.69) is 29.9 Å². The average Bonchev–Trinajstić information content (AvgIpc) is 4.13. The number of urea groups is 1. The van der Waals surface area contributed by atoms with E-state index >= 15 is 0 Å². The summed E-state index contributed by atoms with van der Waals surface area (Å²) in [4.78, 5) is 29.2. The molecule has 0 bridgehead atoms. The Labute approximate surface area is 484 Å². The number of halogens is 4. The van der Waals surface area contributed by atoms with E-state index in [1.807, 2.05) is 40.3 Å². The van der Waals surface area contributed by atoms with Crippen molar-refractivity contribution in [3.05, 3.63) is 115 Å². The summed E-state index contributed by atoms with van der Waals surface area (Å²) in [6.07, 6.45) is 16.7. The predicted octanol–water partition coefficient (Wildman–Crippen LogP) is 12.7. The van der Waals surface area contributed by atoms with Gasteiger partial charge in [0.2, 0.25) is 20.0 Å². The topological polar surface area (TPSA) is 175 Å². The summed E-state index contributed by atoms with van der Waals surface area (Å²) >= 11 is 25.6. The molecule has 0 aliphatic heterocycles. The Balaban J connectivity index is 0.694. The number of nitrogens with zero attached hydrogens (tertiary/aromatic N) is 2. The number of hydrogen-bond donors (Lipinski definition) is 4. The van der Waals surface area contributed by atoms with Crippen LogP contribution < -0.4 is 29.6 Å². The van der Waals surface area contributed by atoms with Crippen LogP contribution in [0.3, 0.4) is 0 Å². The van der Waals surface area contributed by atoms with Crippen LogP contribution >= 0.6 is 46.4 Å². The number of likely N-dealkylation sites (N-methyl/N-ethyl adjacent to an activating group) is 2. The van der Waals surface area contributed by atoms with Gasteiger partial charge in [0.05, 0.1) is 21.9 Å². The van der Waals surface area contributed by atoms with Crippen molar-refractivity contribution < 1.29 is 35.9 Å². The summed E-state index contributed by atoms with van der Waals surface area (Å²) in [6.45, 7) is 1.89. The van der Waals surface area contributed by atoms with Crippen LogP contribution in [0.15, 0.2) is 82.6 Å². The first-order chi connectivity index (χ1) is 37.3. The van der Waals surface area contributed by atoms with Crippen LogP contribution in [-0.4, -0.2) is 105 Å². The van der Waals surface area contributed by atoms with Crippen molar-refractivity contribution in [3.8, 4) is 11.5 Å². The third-order valence-electron chi connectivity index (χ3n) is 14.7. The van der Waals surface area contributed by atoms with E-state index in [4.69, 9.17) is 55.9 Å². The second-order valence-corrected chi connectivity index (χ2v) is 26.3. The van der Waals surface area contributed by atoms with Gasteiger partial charge < -0.3 is 29.9 Å². The molecule has 2 aliphatic carbocycles. The maximum Gasteiger partial charge on any atom is 0.314 e. The minimum Gasteiger partial charge on any atom is -0.484 e. The number of Topliss-reactive ketones (excluding diaryl/α,β-unsaturated/α-hetero) is 1. The van der Waals surface area contributed by atoms with Crippen molar-refractivity contribution in [2.45, 2.75) is 162 Å². The Bertz CT molecular complexity index is 2600. The van der Waals surface area contributed by atoms with Gasteiger partial charge in [-0.1, -0.05) is 111 Å². The van der Waals surface area contributed by atoms with E-state index in [-0.39, 0.29) is 40.1 Å². The molecule has 2 amide bonds. The van der Waals surface area contributed by atoms with Gasteiger partial charge in [0.25, 0.3) is 0 Å². The van der Waals surface area contributed by atoms with Gasteiger partial charge in [0.1, 0.15) is 29.5 Å². The van der Waals surface area contributed by atoms with Gasteiger partial charge in [-0.3, -0.25) is 4.79 Å². The van der Waals surface area contributed by atoms with E-state index in [1.54, 1.807) is 60.7 Å². The minimum atomic E-state index is -3.66. The molecule has 0 spiro atoms. The molecule has 0 unspecified atom stereocenters. The van der Waals surface area contributed by atoms with Crippen LogP contribution in [0.25, 0.3) is 0 Å². The lowest BCUT2D eigenvalue weighted by molar-refractivity contribution is -0.119. The first-order valence-electron chi connectivity index (χ1n) is 27.7. The molecule has 4 aromatic rings. The molecular formula is C58H80Cl4N6O8S2. The van der Waals surface area contributed by atoms with Gasteiger partial charge >= 0.3 is 6.03 Å². The number of amides is 2. The van der Waals surface area contributed by atoms with Gasteiger partial charge in [-0.25, -0.2) is 31.1 Å². The normalized spacial score (nSPS) is 17.1. The third-order valence-corrected chi connectivity index (χ3v) is 18.7. The lowest BCUT2D eigenvalue weighted by Gasteiger charge is -2.27. The fourth-order valence-electron chi connectivity index (χ4n) is 10.2. The minimum absolute atomic E-state index is 0.0477. The number of carbonyl (C=O) groups excluding carboxylic acids is 2. The summed E-state index contributed by atoms with van der Waals surface area (Å²) in [6, 6.07) is 20.2. The second-order valence-electron chi connectivity index (χ2n) is 21.1. The summed E-state index contributed by atoms with van der Waals surface area (Å²) in [5.41, 5.74) is 3.92. The molecule has 4 atom stereocenters. The van der Waals surface area contributed by atoms with Crippen LogP contribution in [0.1, 0.15) is 150 Å². The van der Waals surface area contributed by atoms with Crippen molar-refractivity contribution in [3.63, 3.8) is 0 Å². The Morgan fingerprint density at radius 1 is 0.487 bits per heavy atom. The van der Waals surface area contributed by atoms with Crippen molar-refractivity contribution in [1.82, 2.24) is 29.9 Å². The van der Waals surface area contributed by atoms with Gasteiger partial charge in [0, 0.05) is 70.2 Å². The van der Waals surface area contributed by atoms with Crippen molar-refractivity contribution >= 4 is 78.3 Å². The highest BCUT2D eigenvalue weighted by molar-refractivity contribution is 7.89. The molecule has 4 aromatic carbocycles. The smallest absolute Gasteiger partial charge is 0.314 e. The van der Waals surface area contributed by atoms with E-state index in [1.165, 1.54) is 0 Å². The van der Waals surface area contributed by atoms with Crippen LogP contribution in [0.2, 0.25) is 20.1 Å².